The summed E-state index contributed by atoms with van der Waals surface area (Å²) in [7, 11) is 3.34. The lowest BCUT2D eigenvalue weighted by molar-refractivity contribution is 0.179. The highest BCUT2D eigenvalue weighted by molar-refractivity contribution is 14.0. The van der Waals surface area contributed by atoms with Crippen molar-refractivity contribution in [2.45, 2.75) is 26.4 Å². The molecule has 0 saturated heterocycles. The van der Waals surface area contributed by atoms with E-state index in [2.05, 4.69) is 15.6 Å². The zero-order valence-electron chi connectivity index (χ0n) is 13.5. The number of methoxy groups -OCH3 is 1. The molecule has 126 valence electrons. The second-order valence-corrected chi connectivity index (χ2v) is 4.62. The highest BCUT2D eigenvalue weighted by Gasteiger charge is 2.07. The van der Waals surface area contributed by atoms with Gasteiger partial charge in [-0.2, -0.15) is 0 Å². The van der Waals surface area contributed by atoms with E-state index in [1.807, 2.05) is 19.9 Å². The molecule has 1 rings (SSSR count). The van der Waals surface area contributed by atoms with Crippen LogP contribution in [0.2, 0.25) is 0 Å². The number of nitrogens with zero attached hydrogens (tertiary/aromatic N) is 1. The molecule has 0 radical (unpaired) electrons. The van der Waals surface area contributed by atoms with Gasteiger partial charge in [0.15, 0.2) is 17.5 Å². The Hall–Kier alpha value is -1.09. The fraction of sp³-hybridized carbons (Fsp3) is 0.533. The molecule has 7 heteroatoms. The highest BCUT2D eigenvalue weighted by Crippen LogP contribution is 2.18. The minimum atomic E-state index is -0.355. The van der Waals surface area contributed by atoms with E-state index < -0.39 is 0 Å². The molecule has 0 aliphatic carbocycles. The lowest BCUT2D eigenvalue weighted by atomic mass is 10.2. The fourth-order valence-corrected chi connectivity index (χ4v) is 1.83. The maximum absolute atomic E-state index is 13.7. The molecule has 0 heterocycles. The van der Waals surface area contributed by atoms with Gasteiger partial charge in [-0.3, -0.25) is 4.99 Å². The summed E-state index contributed by atoms with van der Waals surface area (Å²) in [4.78, 5) is 4.12. The Bertz CT molecular complexity index is 472. The largest absolute Gasteiger partial charge is 0.491 e. The first kappa shape index (κ1) is 20.9. The maximum Gasteiger partial charge on any atom is 0.191 e. The lowest BCUT2D eigenvalue weighted by Crippen LogP contribution is -2.43. The monoisotopic (exact) mass is 425 g/mol. The van der Waals surface area contributed by atoms with Gasteiger partial charge in [-0.1, -0.05) is 6.07 Å². The van der Waals surface area contributed by atoms with E-state index in [1.54, 1.807) is 20.2 Å². The van der Waals surface area contributed by atoms with Crippen LogP contribution in [0.3, 0.4) is 0 Å². The van der Waals surface area contributed by atoms with Gasteiger partial charge in [-0.05, 0) is 31.5 Å². The van der Waals surface area contributed by atoms with Crippen molar-refractivity contribution in [3.05, 3.63) is 29.6 Å². The molecule has 0 bridgehead atoms. The van der Waals surface area contributed by atoms with Crippen LogP contribution in [-0.4, -0.2) is 39.4 Å². The van der Waals surface area contributed by atoms with Crippen molar-refractivity contribution < 1.29 is 13.9 Å². The van der Waals surface area contributed by atoms with Crippen LogP contribution in [0, 0.1) is 5.82 Å². The number of nitrogens with one attached hydrogen (secondary N) is 2. The summed E-state index contributed by atoms with van der Waals surface area (Å²) in [6, 6.07) is 5.06. The van der Waals surface area contributed by atoms with Crippen molar-refractivity contribution >= 4 is 29.9 Å². The third kappa shape index (κ3) is 7.26. The molecule has 0 spiro atoms. The third-order valence-corrected chi connectivity index (χ3v) is 2.78. The van der Waals surface area contributed by atoms with E-state index in [1.165, 1.54) is 6.07 Å². The molecule has 1 unspecified atom stereocenters. The fourth-order valence-electron chi connectivity index (χ4n) is 1.83. The Morgan fingerprint density at radius 2 is 2.14 bits per heavy atom. The smallest absolute Gasteiger partial charge is 0.191 e. The minimum absolute atomic E-state index is 0. The molecule has 0 aliphatic rings. The summed E-state index contributed by atoms with van der Waals surface area (Å²) in [6.07, 6.45) is 0. The molecule has 5 nitrogen and oxygen atoms in total. The number of hydrogen-bond acceptors (Lipinski definition) is 3. The zero-order valence-corrected chi connectivity index (χ0v) is 15.8. The Balaban J connectivity index is 0.00000441. The van der Waals surface area contributed by atoms with Crippen LogP contribution in [0.1, 0.15) is 19.4 Å². The van der Waals surface area contributed by atoms with Gasteiger partial charge in [0.2, 0.25) is 0 Å². The molecular weight excluding hydrogens is 400 g/mol. The van der Waals surface area contributed by atoms with Gasteiger partial charge in [0, 0.05) is 26.7 Å². The van der Waals surface area contributed by atoms with Crippen LogP contribution in [0.15, 0.2) is 23.2 Å². The second-order valence-electron chi connectivity index (χ2n) is 4.62. The quantitative estimate of drug-likeness (QED) is 0.401. The average Bonchev–Trinajstić information content (AvgIpc) is 2.46. The summed E-state index contributed by atoms with van der Waals surface area (Å²) in [6.45, 7) is 5.32. The van der Waals surface area contributed by atoms with E-state index >= 15 is 0 Å². The number of guanidine groups is 1. The van der Waals surface area contributed by atoms with E-state index in [-0.39, 0.29) is 41.6 Å². The van der Waals surface area contributed by atoms with E-state index in [9.17, 15) is 4.39 Å². The maximum atomic E-state index is 13.7. The van der Waals surface area contributed by atoms with E-state index in [0.29, 0.717) is 25.7 Å². The van der Waals surface area contributed by atoms with Crippen molar-refractivity contribution in [3.63, 3.8) is 0 Å². The Kier molecular flexibility index (Phi) is 10.9. The summed E-state index contributed by atoms with van der Waals surface area (Å²) in [5.74, 6) is 0.568. The molecule has 2 N–H and O–H groups in total. The van der Waals surface area contributed by atoms with Gasteiger partial charge in [0.05, 0.1) is 13.2 Å². The van der Waals surface area contributed by atoms with Gasteiger partial charge < -0.3 is 20.1 Å². The average molecular weight is 425 g/mol. The second kappa shape index (κ2) is 11.5. The standard InChI is InChI=1S/C15H24FN3O2.HI/c1-5-21-14-7-6-12(8-13(14)16)9-18-15(17-3)19-11(2)10-20-4;/h6-8,11H,5,9-10H2,1-4H3,(H2,17,18,19);1H. The molecule has 0 amide bonds. The minimum Gasteiger partial charge on any atom is -0.491 e. The Labute approximate surface area is 148 Å². The van der Waals surface area contributed by atoms with Crippen LogP contribution in [0.25, 0.3) is 0 Å². The van der Waals surface area contributed by atoms with Crippen molar-refractivity contribution in [3.8, 4) is 5.75 Å². The normalized spacial score (nSPS) is 12.3. The number of rotatable bonds is 7. The Morgan fingerprint density at radius 3 is 2.68 bits per heavy atom. The van der Waals surface area contributed by atoms with Crippen molar-refractivity contribution in [2.75, 3.05) is 27.4 Å². The predicted molar refractivity (Wildman–Crippen MR) is 97.7 cm³/mol. The molecule has 0 fully saturated rings. The van der Waals surface area contributed by atoms with Crippen LogP contribution in [0.4, 0.5) is 4.39 Å². The first-order valence-corrected chi connectivity index (χ1v) is 6.98. The van der Waals surface area contributed by atoms with Crippen molar-refractivity contribution in [1.82, 2.24) is 10.6 Å². The first-order valence-electron chi connectivity index (χ1n) is 6.98. The number of benzene rings is 1. The van der Waals surface area contributed by atoms with Gasteiger partial charge in [0.25, 0.3) is 0 Å². The van der Waals surface area contributed by atoms with Crippen LogP contribution >= 0.6 is 24.0 Å². The predicted octanol–water partition coefficient (Wildman–Crippen LogP) is 2.54. The van der Waals surface area contributed by atoms with Gasteiger partial charge in [-0.25, -0.2) is 4.39 Å². The number of halogens is 2. The Morgan fingerprint density at radius 1 is 1.41 bits per heavy atom. The van der Waals surface area contributed by atoms with Gasteiger partial charge in [0.1, 0.15) is 0 Å². The number of aliphatic imine (C=N–C) groups is 1. The molecule has 1 atom stereocenters. The molecule has 1 aromatic rings. The summed E-state index contributed by atoms with van der Waals surface area (Å²) < 4.78 is 24.0. The molecule has 0 saturated carbocycles. The third-order valence-electron chi connectivity index (χ3n) is 2.78. The lowest BCUT2D eigenvalue weighted by Gasteiger charge is -2.17. The van der Waals surface area contributed by atoms with E-state index in [4.69, 9.17) is 9.47 Å². The molecule has 1 aromatic carbocycles. The van der Waals surface area contributed by atoms with Crippen molar-refractivity contribution in [1.29, 1.82) is 0 Å². The number of hydrogen-bond donors (Lipinski definition) is 2. The summed E-state index contributed by atoms with van der Waals surface area (Å²) >= 11 is 0. The topological polar surface area (TPSA) is 54.9 Å². The van der Waals surface area contributed by atoms with Crippen LogP contribution in [-0.2, 0) is 11.3 Å². The van der Waals surface area contributed by atoms with Crippen molar-refractivity contribution in [2.24, 2.45) is 4.99 Å². The highest BCUT2D eigenvalue weighted by atomic mass is 127. The van der Waals surface area contributed by atoms with Gasteiger partial charge >= 0.3 is 0 Å². The van der Waals surface area contributed by atoms with Crippen LogP contribution in [0.5, 0.6) is 5.75 Å². The SMILES string of the molecule is CCOc1ccc(CNC(=NC)NC(C)COC)cc1F.I. The molecular formula is C15H25FIN3O2. The number of ether oxygens (including phenoxy) is 2. The molecule has 0 aliphatic heterocycles. The molecule has 0 aromatic heterocycles. The first-order chi connectivity index (χ1) is 10.1. The van der Waals surface area contributed by atoms with Gasteiger partial charge in [-0.15, -0.1) is 24.0 Å². The molecule has 22 heavy (non-hydrogen) atoms. The zero-order chi connectivity index (χ0) is 15.7. The summed E-state index contributed by atoms with van der Waals surface area (Å²) in [5.41, 5.74) is 0.818. The van der Waals surface area contributed by atoms with E-state index in [0.717, 1.165) is 5.56 Å². The van der Waals surface area contributed by atoms with Crippen LogP contribution < -0.4 is 15.4 Å². The summed E-state index contributed by atoms with van der Waals surface area (Å²) in [5, 5.41) is 6.31.